The lowest BCUT2D eigenvalue weighted by atomic mass is 9.86. The Hall–Kier alpha value is -2.08. The van der Waals surface area contributed by atoms with Crippen LogP contribution in [0.5, 0.6) is 0 Å². The van der Waals surface area contributed by atoms with Gasteiger partial charge in [0, 0.05) is 16.6 Å². The Kier molecular flexibility index (Phi) is 7.39. The average molecular weight is 476 g/mol. The van der Waals surface area contributed by atoms with Crippen LogP contribution in [0, 0.1) is 5.92 Å². The van der Waals surface area contributed by atoms with E-state index in [-0.39, 0.29) is 12.3 Å². The van der Waals surface area contributed by atoms with Crippen LogP contribution in [-0.2, 0) is 14.3 Å². The third-order valence-corrected chi connectivity index (χ3v) is 6.91. The molecular formula is C25H27Cl2NO4. The van der Waals surface area contributed by atoms with Gasteiger partial charge in [-0.15, -0.1) is 0 Å². The number of morpholine rings is 1. The molecule has 32 heavy (non-hydrogen) atoms. The number of benzene rings is 2. The Morgan fingerprint density at radius 1 is 1.00 bits per heavy atom. The minimum atomic E-state index is -1.06. The van der Waals surface area contributed by atoms with Crippen LogP contribution in [0.1, 0.15) is 61.8 Å². The van der Waals surface area contributed by atoms with Gasteiger partial charge >= 0.3 is 5.97 Å². The summed E-state index contributed by atoms with van der Waals surface area (Å²) in [5, 5.41) is 10.6. The summed E-state index contributed by atoms with van der Waals surface area (Å²) in [7, 11) is 0. The van der Waals surface area contributed by atoms with Gasteiger partial charge in [0.2, 0.25) is 0 Å². The lowest BCUT2D eigenvalue weighted by molar-refractivity contribution is -0.180. The normalized spacial score (nSPS) is 24.5. The fourth-order valence-corrected chi connectivity index (χ4v) is 5.22. The molecule has 4 rings (SSSR count). The lowest BCUT2D eigenvalue weighted by Gasteiger charge is -2.46. The van der Waals surface area contributed by atoms with Gasteiger partial charge in [0.05, 0.1) is 12.5 Å². The van der Waals surface area contributed by atoms with Crippen molar-refractivity contribution in [2.45, 2.75) is 56.8 Å². The van der Waals surface area contributed by atoms with Gasteiger partial charge in [-0.05, 0) is 54.2 Å². The number of amides is 1. The van der Waals surface area contributed by atoms with E-state index in [9.17, 15) is 14.7 Å². The van der Waals surface area contributed by atoms with Crippen molar-refractivity contribution in [3.8, 4) is 0 Å². The van der Waals surface area contributed by atoms with E-state index in [1.54, 1.807) is 18.2 Å². The SMILES string of the molecule is O=C(O)C[C@@H]1O[C@H](c2cccc(Cl)c2)[C@@H](c2ccc(Cl)cc2)N(CC2CCCCC2)C1=O. The molecule has 5 nitrogen and oxygen atoms in total. The van der Waals surface area contributed by atoms with E-state index in [2.05, 4.69) is 0 Å². The summed E-state index contributed by atoms with van der Waals surface area (Å²) in [5.41, 5.74) is 1.71. The molecular weight excluding hydrogens is 449 g/mol. The number of hydrogen-bond donors (Lipinski definition) is 1. The Morgan fingerprint density at radius 2 is 1.72 bits per heavy atom. The van der Waals surface area contributed by atoms with Gasteiger partial charge in [-0.1, -0.05) is 66.7 Å². The molecule has 1 saturated heterocycles. The zero-order chi connectivity index (χ0) is 22.7. The minimum absolute atomic E-state index is 0.267. The molecule has 1 aliphatic carbocycles. The molecule has 2 aliphatic rings. The maximum atomic E-state index is 13.5. The van der Waals surface area contributed by atoms with Crippen LogP contribution in [0.2, 0.25) is 10.0 Å². The van der Waals surface area contributed by atoms with Gasteiger partial charge in [0.1, 0.15) is 12.2 Å². The zero-order valence-corrected chi connectivity index (χ0v) is 19.3. The Balaban J connectivity index is 1.77. The van der Waals surface area contributed by atoms with Crippen LogP contribution in [0.15, 0.2) is 48.5 Å². The number of aliphatic carboxylic acids is 1. The van der Waals surface area contributed by atoms with Crippen LogP contribution in [0.3, 0.4) is 0 Å². The highest BCUT2D eigenvalue weighted by Gasteiger charge is 2.45. The number of carboxylic acid groups (broad SMARTS) is 1. The number of carbonyl (C=O) groups excluding carboxylic acids is 1. The molecule has 7 heteroatoms. The first-order chi connectivity index (χ1) is 15.4. The Labute approximate surface area is 198 Å². The largest absolute Gasteiger partial charge is 0.481 e. The number of carbonyl (C=O) groups is 2. The highest BCUT2D eigenvalue weighted by Crippen LogP contribution is 2.44. The number of hydrogen-bond acceptors (Lipinski definition) is 3. The molecule has 2 aromatic rings. The second-order valence-corrected chi connectivity index (χ2v) is 9.56. The highest BCUT2D eigenvalue weighted by atomic mass is 35.5. The third kappa shape index (κ3) is 5.28. The molecule has 1 saturated carbocycles. The first kappa shape index (κ1) is 23.1. The second-order valence-electron chi connectivity index (χ2n) is 8.69. The molecule has 0 unspecified atom stereocenters. The molecule has 0 bridgehead atoms. The molecule has 0 aromatic heterocycles. The fourth-order valence-electron chi connectivity index (χ4n) is 4.90. The highest BCUT2D eigenvalue weighted by molar-refractivity contribution is 6.30. The minimum Gasteiger partial charge on any atom is -0.481 e. The summed E-state index contributed by atoms with van der Waals surface area (Å²) < 4.78 is 6.20. The molecule has 3 atom stereocenters. The van der Waals surface area contributed by atoms with Gasteiger partial charge < -0.3 is 14.7 Å². The molecule has 1 aliphatic heterocycles. The first-order valence-electron chi connectivity index (χ1n) is 11.1. The Morgan fingerprint density at radius 3 is 2.38 bits per heavy atom. The van der Waals surface area contributed by atoms with E-state index in [0.717, 1.165) is 36.8 Å². The molecule has 1 amide bonds. The summed E-state index contributed by atoms with van der Waals surface area (Å²) in [6, 6.07) is 14.4. The lowest BCUT2D eigenvalue weighted by Crippen LogP contribution is -2.52. The standard InChI is InChI=1S/C25H27Cl2NO4/c26-19-11-9-17(10-12-19)23-24(18-7-4-8-20(27)13-18)32-21(14-22(29)30)25(31)28(23)15-16-5-2-1-3-6-16/h4,7-13,16,21,23-24H,1-3,5-6,14-15H2,(H,29,30)/t21-,23+,24+/m0/s1. The molecule has 0 spiro atoms. The summed E-state index contributed by atoms with van der Waals surface area (Å²) in [5.74, 6) is -0.932. The molecule has 1 N–H and O–H groups in total. The summed E-state index contributed by atoms with van der Waals surface area (Å²) in [6.45, 7) is 0.586. The van der Waals surface area contributed by atoms with E-state index < -0.39 is 24.2 Å². The van der Waals surface area contributed by atoms with Gasteiger partial charge in [-0.3, -0.25) is 9.59 Å². The summed E-state index contributed by atoms with van der Waals surface area (Å²) in [4.78, 5) is 26.9. The number of nitrogens with zero attached hydrogens (tertiary/aromatic N) is 1. The van der Waals surface area contributed by atoms with Crippen molar-refractivity contribution in [2.24, 2.45) is 5.92 Å². The van der Waals surface area contributed by atoms with Crippen molar-refractivity contribution in [3.05, 3.63) is 69.7 Å². The number of carboxylic acids is 1. The number of halogens is 2. The molecule has 0 radical (unpaired) electrons. The molecule has 2 fully saturated rings. The van der Waals surface area contributed by atoms with E-state index in [1.165, 1.54) is 6.42 Å². The van der Waals surface area contributed by atoms with Gasteiger partial charge in [-0.25, -0.2) is 0 Å². The van der Waals surface area contributed by atoms with Gasteiger partial charge in [0.25, 0.3) is 5.91 Å². The van der Waals surface area contributed by atoms with Gasteiger partial charge in [-0.2, -0.15) is 0 Å². The van der Waals surface area contributed by atoms with Crippen LogP contribution in [0.4, 0.5) is 0 Å². The van der Waals surface area contributed by atoms with E-state index in [1.807, 2.05) is 35.2 Å². The van der Waals surface area contributed by atoms with E-state index in [4.69, 9.17) is 27.9 Å². The fraction of sp³-hybridized carbons (Fsp3) is 0.440. The predicted octanol–water partition coefficient (Wildman–Crippen LogP) is 6.06. The number of ether oxygens (including phenoxy) is 1. The monoisotopic (exact) mass is 475 g/mol. The van der Waals surface area contributed by atoms with Crippen molar-refractivity contribution >= 4 is 35.1 Å². The maximum absolute atomic E-state index is 13.5. The van der Waals surface area contributed by atoms with Crippen molar-refractivity contribution in [1.82, 2.24) is 4.90 Å². The average Bonchev–Trinajstić information content (AvgIpc) is 2.77. The van der Waals surface area contributed by atoms with Crippen LogP contribution in [-0.4, -0.2) is 34.5 Å². The summed E-state index contributed by atoms with van der Waals surface area (Å²) in [6.07, 6.45) is 3.73. The van der Waals surface area contributed by atoms with E-state index in [0.29, 0.717) is 22.5 Å². The van der Waals surface area contributed by atoms with Crippen molar-refractivity contribution in [2.75, 3.05) is 6.54 Å². The van der Waals surface area contributed by atoms with Crippen LogP contribution < -0.4 is 0 Å². The zero-order valence-electron chi connectivity index (χ0n) is 17.8. The first-order valence-corrected chi connectivity index (χ1v) is 11.9. The maximum Gasteiger partial charge on any atom is 0.306 e. The number of rotatable bonds is 6. The van der Waals surface area contributed by atoms with Crippen molar-refractivity contribution in [3.63, 3.8) is 0 Å². The second kappa shape index (κ2) is 10.2. The smallest absolute Gasteiger partial charge is 0.306 e. The topological polar surface area (TPSA) is 66.8 Å². The molecule has 2 aromatic carbocycles. The van der Waals surface area contributed by atoms with Crippen LogP contribution in [0.25, 0.3) is 0 Å². The quantitative estimate of drug-likeness (QED) is 0.551. The molecule has 1 heterocycles. The Bertz CT molecular complexity index is 959. The van der Waals surface area contributed by atoms with E-state index >= 15 is 0 Å². The third-order valence-electron chi connectivity index (χ3n) is 6.42. The van der Waals surface area contributed by atoms with Gasteiger partial charge in [0.15, 0.2) is 0 Å². The molecule has 170 valence electrons. The van der Waals surface area contributed by atoms with Crippen molar-refractivity contribution < 1.29 is 19.4 Å². The summed E-state index contributed by atoms with van der Waals surface area (Å²) >= 11 is 12.4. The van der Waals surface area contributed by atoms with Crippen molar-refractivity contribution in [1.29, 1.82) is 0 Å². The van der Waals surface area contributed by atoms with Crippen LogP contribution >= 0.6 is 23.2 Å². The predicted molar refractivity (Wildman–Crippen MR) is 124 cm³/mol.